The summed E-state index contributed by atoms with van der Waals surface area (Å²) in [7, 11) is 0. The molecule has 0 N–H and O–H groups in total. The average Bonchev–Trinajstić information content (AvgIpc) is 3.15. The third-order valence-electron chi connectivity index (χ3n) is 4.00. The standard InChI is InChI=1S/C18H25ClN4O4S/c1-3-5-7-11-22-12-9-15(27-18(25)26-13-10-19)23(17(22)24)16-21-20-14(28-16)8-6-4-2/h3-4,15H,1-2,5-13H2. The number of ether oxygens (including phenoxy) is 2. The molecule has 1 atom stereocenters. The van der Waals surface area contributed by atoms with E-state index in [-0.39, 0.29) is 18.5 Å². The predicted octanol–water partition coefficient (Wildman–Crippen LogP) is 3.97. The van der Waals surface area contributed by atoms with Crippen molar-refractivity contribution in [1.29, 1.82) is 0 Å². The quantitative estimate of drug-likeness (QED) is 0.229. The highest BCUT2D eigenvalue weighted by Crippen LogP contribution is 2.29. The molecule has 2 rings (SSSR count). The number of hydrogen-bond acceptors (Lipinski definition) is 7. The van der Waals surface area contributed by atoms with E-state index in [2.05, 4.69) is 23.4 Å². The van der Waals surface area contributed by atoms with Crippen molar-refractivity contribution in [3.8, 4) is 0 Å². The number of aromatic nitrogens is 2. The van der Waals surface area contributed by atoms with Crippen molar-refractivity contribution in [2.45, 2.75) is 38.3 Å². The Kier molecular flexibility index (Phi) is 9.22. The van der Waals surface area contributed by atoms with Gasteiger partial charge in [-0.3, -0.25) is 0 Å². The number of aryl methyl sites for hydroxylation is 1. The Balaban J connectivity index is 2.15. The first kappa shape index (κ1) is 22.2. The van der Waals surface area contributed by atoms with Crippen LogP contribution in [0.2, 0.25) is 0 Å². The van der Waals surface area contributed by atoms with Gasteiger partial charge in [-0.1, -0.05) is 23.5 Å². The lowest BCUT2D eigenvalue weighted by molar-refractivity contribution is 0.0152. The van der Waals surface area contributed by atoms with Gasteiger partial charge in [-0.15, -0.1) is 35.0 Å². The number of carbonyl (C=O) groups excluding carboxylic acids is 2. The number of unbranched alkanes of at least 4 members (excludes halogenated alkanes) is 1. The molecule has 2 heterocycles. The van der Waals surface area contributed by atoms with Gasteiger partial charge in [-0.25, -0.2) is 14.5 Å². The lowest BCUT2D eigenvalue weighted by atomic mass is 10.2. The van der Waals surface area contributed by atoms with Gasteiger partial charge >= 0.3 is 12.2 Å². The molecule has 1 aliphatic rings. The van der Waals surface area contributed by atoms with Gasteiger partial charge in [0.2, 0.25) is 5.13 Å². The number of anilines is 1. The van der Waals surface area contributed by atoms with Crippen molar-refractivity contribution < 1.29 is 19.1 Å². The van der Waals surface area contributed by atoms with Gasteiger partial charge in [0.1, 0.15) is 11.6 Å². The Bertz CT molecular complexity index is 684. The summed E-state index contributed by atoms with van der Waals surface area (Å²) in [6.45, 7) is 8.50. The minimum atomic E-state index is -0.861. The Morgan fingerprint density at radius 3 is 2.82 bits per heavy atom. The van der Waals surface area contributed by atoms with E-state index in [9.17, 15) is 9.59 Å². The number of nitrogens with zero attached hydrogens (tertiary/aromatic N) is 4. The molecule has 0 radical (unpaired) electrons. The first-order valence-electron chi connectivity index (χ1n) is 9.12. The van der Waals surface area contributed by atoms with E-state index in [1.165, 1.54) is 16.2 Å². The molecule has 1 aromatic rings. The second-order valence-corrected chi connectivity index (χ2v) is 7.44. The SMILES string of the molecule is C=CCCCN1CCC(OC(=O)OCCCl)N(c2nnc(CCC=C)s2)C1=O. The van der Waals surface area contributed by atoms with E-state index in [4.69, 9.17) is 21.1 Å². The molecular formula is C18H25ClN4O4S. The van der Waals surface area contributed by atoms with Gasteiger partial charge in [0, 0.05) is 25.9 Å². The van der Waals surface area contributed by atoms with Crippen LogP contribution >= 0.6 is 22.9 Å². The van der Waals surface area contributed by atoms with E-state index in [0.717, 1.165) is 24.3 Å². The van der Waals surface area contributed by atoms with Gasteiger partial charge in [0.25, 0.3) is 0 Å². The predicted molar refractivity (Wildman–Crippen MR) is 109 cm³/mol. The molecule has 0 bridgehead atoms. The molecule has 154 valence electrons. The highest BCUT2D eigenvalue weighted by atomic mass is 35.5. The maximum absolute atomic E-state index is 13.0. The molecule has 0 aromatic carbocycles. The Morgan fingerprint density at radius 2 is 2.11 bits per heavy atom. The molecular weight excluding hydrogens is 404 g/mol. The summed E-state index contributed by atoms with van der Waals surface area (Å²) in [5.41, 5.74) is 0. The van der Waals surface area contributed by atoms with Crippen LogP contribution in [0, 0.1) is 0 Å². The number of alkyl halides is 1. The van der Waals surface area contributed by atoms with Crippen molar-refractivity contribution in [2.75, 3.05) is 30.5 Å². The van der Waals surface area contributed by atoms with Crippen LogP contribution in [0.15, 0.2) is 25.3 Å². The molecule has 28 heavy (non-hydrogen) atoms. The number of halogens is 1. The van der Waals surface area contributed by atoms with Crippen LogP contribution in [-0.4, -0.2) is 59.1 Å². The summed E-state index contributed by atoms with van der Waals surface area (Å²) >= 11 is 6.83. The minimum Gasteiger partial charge on any atom is -0.433 e. The maximum Gasteiger partial charge on any atom is 0.510 e. The summed E-state index contributed by atoms with van der Waals surface area (Å²) in [5, 5.41) is 9.45. The molecule has 0 aliphatic carbocycles. The fourth-order valence-electron chi connectivity index (χ4n) is 2.65. The molecule has 10 heteroatoms. The van der Waals surface area contributed by atoms with Crippen LogP contribution in [0.3, 0.4) is 0 Å². The molecule has 0 saturated carbocycles. The Labute approximate surface area is 173 Å². The van der Waals surface area contributed by atoms with Crippen molar-refractivity contribution >= 4 is 40.3 Å². The normalized spacial score (nSPS) is 16.8. The molecule has 1 fully saturated rings. The lowest BCUT2D eigenvalue weighted by Crippen LogP contribution is -2.56. The highest BCUT2D eigenvalue weighted by Gasteiger charge is 2.38. The fraction of sp³-hybridized carbons (Fsp3) is 0.556. The highest BCUT2D eigenvalue weighted by molar-refractivity contribution is 7.15. The zero-order chi connectivity index (χ0) is 20.4. The Morgan fingerprint density at radius 1 is 1.32 bits per heavy atom. The number of carbonyl (C=O) groups is 2. The summed E-state index contributed by atoms with van der Waals surface area (Å²) in [4.78, 5) is 28.0. The third-order valence-corrected chi connectivity index (χ3v) is 5.14. The van der Waals surface area contributed by atoms with E-state index in [1.54, 1.807) is 11.0 Å². The zero-order valence-corrected chi connectivity index (χ0v) is 17.3. The van der Waals surface area contributed by atoms with Gasteiger partial charge in [-0.2, -0.15) is 0 Å². The summed E-state index contributed by atoms with van der Waals surface area (Å²) in [6, 6.07) is -0.267. The van der Waals surface area contributed by atoms with E-state index in [1.807, 2.05) is 6.08 Å². The number of amides is 2. The molecule has 1 aromatic heterocycles. The van der Waals surface area contributed by atoms with Crippen LogP contribution in [-0.2, 0) is 15.9 Å². The van der Waals surface area contributed by atoms with Gasteiger partial charge in [0.15, 0.2) is 6.23 Å². The van der Waals surface area contributed by atoms with Crippen LogP contribution in [0.4, 0.5) is 14.7 Å². The number of allylic oxidation sites excluding steroid dienone is 2. The molecule has 2 amide bonds. The second kappa shape index (κ2) is 11.7. The number of hydrogen-bond donors (Lipinski definition) is 0. The monoisotopic (exact) mass is 428 g/mol. The second-order valence-electron chi connectivity index (χ2n) is 6.02. The molecule has 1 aliphatic heterocycles. The summed E-state index contributed by atoms with van der Waals surface area (Å²) < 4.78 is 10.2. The fourth-order valence-corrected chi connectivity index (χ4v) is 3.62. The minimum absolute atomic E-state index is 0.0409. The smallest absolute Gasteiger partial charge is 0.433 e. The number of urea groups is 1. The van der Waals surface area contributed by atoms with Crippen molar-refractivity contribution in [1.82, 2.24) is 15.1 Å². The van der Waals surface area contributed by atoms with Crippen molar-refractivity contribution in [3.63, 3.8) is 0 Å². The van der Waals surface area contributed by atoms with Crippen LogP contribution < -0.4 is 4.90 Å². The van der Waals surface area contributed by atoms with Crippen molar-refractivity contribution in [3.05, 3.63) is 30.3 Å². The van der Waals surface area contributed by atoms with Crippen LogP contribution in [0.1, 0.15) is 30.7 Å². The van der Waals surface area contributed by atoms with Crippen LogP contribution in [0.25, 0.3) is 0 Å². The van der Waals surface area contributed by atoms with E-state index in [0.29, 0.717) is 31.1 Å². The number of rotatable bonds is 11. The van der Waals surface area contributed by atoms with Crippen LogP contribution in [0.5, 0.6) is 0 Å². The topological polar surface area (TPSA) is 84.9 Å². The van der Waals surface area contributed by atoms with Crippen molar-refractivity contribution in [2.24, 2.45) is 0 Å². The molecule has 8 nitrogen and oxygen atoms in total. The third kappa shape index (κ3) is 6.20. The zero-order valence-electron chi connectivity index (χ0n) is 15.7. The first-order chi connectivity index (χ1) is 13.6. The van der Waals surface area contributed by atoms with Gasteiger partial charge in [0.05, 0.1) is 5.88 Å². The van der Waals surface area contributed by atoms with E-state index < -0.39 is 12.4 Å². The lowest BCUT2D eigenvalue weighted by Gasteiger charge is -2.38. The largest absolute Gasteiger partial charge is 0.510 e. The molecule has 1 saturated heterocycles. The molecule has 1 unspecified atom stereocenters. The Hall–Kier alpha value is -2.13. The van der Waals surface area contributed by atoms with Gasteiger partial charge < -0.3 is 14.4 Å². The average molecular weight is 429 g/mol. The van der Waals surface area contributed by atoms with E-state index >= 15 is 0 Å². The maximum atomic E-state index is 13.0. The first-order valence-corrected chi connectivity index (χ1v) is 10.5. The summed E-state index contributed by atoms with van der Waals surface area (Å²) in [5.74, 6) is 0.169. The summed E-state index contributed by atoms with van der Waals surface area (Å²) in [6.07, 6.45) is 5.49. The molecule has 0 spiro atoms. The van der Waals surface area contributed by atoms with Gasteiger partial charge in [-0.05, 0) is 19.3 Å².